The number of allylic oxidation sites excluding steroid dienone is 2. The molecule has 2 aromatic carbocycles. The summed E-state index contributed by atoms with van der Waals surface area (Å²) in [5, 5.41) is 0. The van der Waals surface area contributed by atoms with Gasteiger partial charge in [0.15, 0.2) is 0 Å². The van der Waals surface area contributed by atoms with Crippen LogP contribution in [0.2, 0.25) is 0 Å². The van der Waals surface area contributed by atoms with Crippen LogP contribution in [0.25, 0.3) is 0 Å². The van der Waals surface area contributed by atoms with Gasteiger partial charge in [0.1, 0.15) is 0 Å². The summed E-state index contributed by atoms with van der Waals surface area (Å²) < 4.78 is 27.9. The number of rotatable bonds is 2. The van der Waals surface area contributed by atoms with E-state index in [0.29, 0.717) is 4.90 Å². The second-order valence-corrected chi connectivity index (χ2v) is 7.87. The zero-order valence-corrected chi connectivity index (χ0v) is 14.7. The van der Waals surface area contributed by atoms with Crippen LogP contribution in [0, 0.1) is 13.8 Å². The number of sulfonamides is 1. The highest BCUT2D eigenvalue weighted by Gasteiger charge is 2.38. The van der Waals surface area contributed by atoms with Crippen LogP contribution in [-0.2, 0) is 10.0 Å². The lowest BCUT2D eigenvalue weighted by Gasteiger charge is -2.22. The molecule has 0 N–H and O–H groups in total. The van der Waals surface area contributed by atoms with Gasteiger partial charge >= 0.3 is 0 Å². The largest absolute Gasteiger partial charge is 0.268 e. The van der Waals surface area contributed by atoms with Crippen molar-refractivity contribution < 1.29 is 8.42 Å². The number of anilines is 1. The van der Waals surface area contributed by atoms with E-state index >= 15 is 0 Å². The maximum Gasteiger partial charge on any atom is 0.268 e. The molecular formula is C19H21NO2S. The standard InChI is InChI=1S/C19H21NO2S/c1-5-18-15(4)17-12-14(3)8-11-19(17)20(18)23(21,22)16-9-6-13(2)7-10-16/h5-12,15H,1-4H3/b18-5+. The lowest BCUT2D eigenvalue weighted by molar-refractivity contribution is 0.594. The number of aryl methyl sites for hydroxylation is 2. The molecule has 3 nitrogen and oxygen atoms in total. The van der Waals surface area contributed by atoms with Gasteiger partial charge in [-0.05, 0) is 44.5 Å². The summed E-state index contributed by atoms with van der Waals surface area (Å²) in [4.78, 5) is 0.322. The Hall–Kier alpha value is -2.07. The molecule has 1 heterocycles. The van der Waals surface area contributed by atoms with Gasteiger partial charge in [0.25, 0.3) is 10.0 Å². The lowest BCUT2D eigenvalue weighted by atomic mass is 9.99. The van der Waals surface area contributed by atoms with E-state index in [9.17, 15) is 8.42 Å². The predicted octanol–water partition coefficient (Wildman–Crippen LogP) is 4.52. The molecule has 0 fully saturated rings. The number of benzene rings is 2. The van der Waals surface area contributed by atoms with E-state index in [-0.39, 0.29) is 5.92 Å². The molecule has 0 bridgehead atoms. The van der Waals surface area contributed by atoms with E-state index in [2.05, 4.69) is 13.0 Å². The van der Waals surface area contributed by atoms with Crippen molar-refractivity contribution in [3.05, 3.63) is 70.9 Å². The summed E-state index contributed by atoms with van der Waals surface area (Å²) in [5.41, 5.74) is 4.82. The van der Waals surface area contributed by atoms with Crippen LogP contribution >= 0.6 is 0 Å². The first-order valence-electron chi connectivity index (χ1n) is 7.75. The predicted molar refractivity (Wildman–Crippen MR) is 94.2 cm³/mol. The lowest BCUT2D eigenvalue weighted by Crippen LogP contribution is -2.28. The first-order valence-corrected chi connectivity index (χ1v) is 9.19. The summed E-state index contributed by atoms with van der Waals surface area (Å²) in [7, 11) is -3.61. The summed E-state index contributed by atoms with van der Waals surface area (Å²) >= 11 is 0. The molecule has 120 valence electrons. The minimum Gasteiger partial charge on any atom is -0.238 e. The fourth-order valence-corrected chi connectivity index (χ4v) is 4.79. The highest BCUT2D eigenvalue weighted by molar-refractivity contribution is 7.93. The van der Waals surface area contributed by atoms with Crippen LogP contribution in [0.4, 0.5) is 5.69 Å². The van der Waals surface area contributed by atoms with Gasteiger partial charge < -0.3 is 0 Å². The van der Waals surface area contributed by atoms with Crippen molar-refractivity contribution in [2.45, 2.75) is 38.5 Å². The van der Waals surface area contributed by atoms with E-state index in [1.807, 2.05) is 51.1 Å². The number of hydrogen-bond acceptors (Lipinski definition) is 2. The zero-order chi connectivity index (χ0) is 16.8. The van der Waals surface area contributed by atoms with Crippen molar-refractivity contribution in [3.63, 3.8) is 0 Å². The third-order valence-corrected chi connectivity index (χ3v) is 6.16. The molecule has 23 heavy (non-hydrogen) atoms. The SMILES string of the molecule is C/C=C1\C(C)c2cc(C)ccc2N1S(=O)(=O)c1ccc(C)cc1. The summed E-state index contributed by atoms with van der Waals surface area (Å²) in [5.74, 6) is 0.0649. The molecule has 2 aromatic rings. The van der Waals surface area contributed by atoms with Crippen molar-refractivity contribution in [3.8, 4) is 0 Å². The van der Waals surface area contributed by atoms with Gasteiger partial charge in [-0.2, -0.15) is 0 Å². The van der Waals surface area contributed by atoms with Crippen LogP contribution in [0.5, 0.6) is 0 Å². The second kappa shape index (κ2) is 5.53. The average molecular weight is 327 g/mol. The van der Waals surface area contributed by atoms with Crippen LogP contribution in [0.15, 0.2) is 59.1 Å². The van der Waals surface area contributed by atoms with Crippen LogP contribution < -0.4 is 4.31 Å². The van der Waals surface area contributed by atoms with Gasteiger partial charge in [0.2, 0.25) is 0 Å². The topological polar surface area (TPSA) is 37.4 Å². The minimum absolute atomic E-state index is 0.0649. The van der Waals surface area contributed by atoms with E-state index < -0.39 is 10.0 Å². The summed E-state index contributed by atoms with van der Waals surface area (Å²) in [6, 6.07) is 13.0. The minimum atomic E-state index is -3.61. The van der Waals surface area contributed by atoms with Gasteiger partial charge in [-0.15, -0.1) is 0 Å². The maximum absolute atomic E-state index is 13.2. The molecule has 0 saturated heterocycles. The molecule has 1 atom stereocenters. The van der Waals surface area contributed by atoms with Crippen molar-refractivity contribution in [2.75, 3.05) is 4.31 Å². The number of nitrogens with zero attached hydrogens (tertiary/aromatic N) is 1. The smallest absolute Gasteiger partial charge is 0.238 e. The Morgan fingerprint density at radius 1 is 1.00 bits per heavy atom. The Balaban J connectivity index is 2.20. The first kappa shape index (κ1) is 15.8. The fourth-order valence-electron chi connectivity index (χ4n) is 3.13. The summed E-state index contributed by atoms with van der Waals surface area (Å²) in [6.45, 7) is 7.92. The monoisotopic (exact) mass is 327 g/mol. The molecular weight excluding hydrogens is 306 g/mol. The first-order chi connectivity index (χ1) is 10.9. The Labute approximate surface area is 138 Å². The Morgan fingerprint density at radius 2 is 1.61 bits per heavy atom. The Bertz CT molecular complexity index is 880. The van der Waals surface area contributed by atoms with E-state index in [4.69, 9.17) is 0 Å². The Kier molecular flexibility index (Phi) is 3.80. The molecule has 0 amide bonds. The van der Waals surface area contributed by atoms with Gasteiger partial charge in [-0.1, -0.05) is 48.4 Å². The van der Waals surface area contributed by atoms with Crippen LogP contribution in [-0.4, -0.2) is 8.42 Å². The van der Waals surface area contributed by atoms with E-state index in [0.717, 1.165) is 28.1 Å². The highest BCUT2D eigenvalue weighted by Crippen LogP contribution is 2.46. The molecule has 1 unspecified atom stereocenters. The molecule has 0 saturated carbocycles. The fraction of sp³-hybridized carbons (Fsp3) is 0.263. The Morgan fingerprint density at radius 3 is 2.22 bits per heavy atom. The zero-order valence-electron chi connectivity index (χ0n) is 13.9. The molecule has 0 spiro atoms. The second-order valence-electron chi connectivity index (χ2n) is 6.08. The van der Waals surface area contributed by atoms with Gasteiger partial charge in [-0.25, -0.2) is 12.7 Å². The molecule has 0 aliphatic carbocycles. The van der Waals surface area contributed by atoms with Crippen molar-refractivity contribution in [1.82, 2.24) is 0 Å². The van der Waals surface area contributed by atoms with Crippen molar-refractivity contribution >= 4 is 15.7 Å². The van der Waals surface area contributed by atoms with E-state index in [1.54, 1.807) is 12.1 Å². The van der Waals surface area contributed by atoms with Crippen LogP contribution in [0.1, 0.15) is 36.5 Å². The van der Waals surface area contributed by atoms with Crippen molar-refractivity contribution in [2.24, 2.45) is 0 Å². The third kappa shape index (κ3) is 2.47. The molecule has 4 heteroatoms. The van der Waals surface area contributed by atoms with Gasteiger partial charge in [-0.3, -0.25) is 0 Å². The number of hydrogen-bond donors (Lipinski definition) is 0. The van der Waals surface area contributed by atoms with Gasteiger partial charge in [0, 0.05) is 11.6 Å². The quantitative estimate of drug-likeness (QED) is 0.813. The highest BCUT2D eigenvalue weighted by atomic mass is 32.2. The molecule has 0 aromatic heterocycles. The molecule has 1 aliphatic rings. The molecule has 1 aliphatic heterocycles. The van der Waals surface area contributed by atoms with Gasteiger partial charge in [0.05, 0.1) is 10.6 Å². The number of fused-ring (bicyclic) bond motifs is 1. The molecule has 0 radical (unpaired) electrons. The third-order valence-electron chi connectivity index (χ3n) is 4.40. The molecule has 3 rings (SSSR count). The van der Waals surface area contributed by atoms with E-state index in [1.165, 1.54) is 4.31 Å². The average Bonchev–Trinajstić information content (AvgIpc) is 2.80. The van der Waals surface area contributed by atoms with Crippen molar-refractivity contribution in [1.29, 1.82) is 0 Å². The van der Waals surface area contributed by atoms with Crippen LogP contribution in [0.3, 0.4) is 0 Å². The summed E-state index contributed by atoms with van der Waals surface area (Å²) in [6.07, 6.45) is 1.89. The maximum atomic E-state index is 13.2. The normalized spacial score (nSPS) is 19.2.